The van der Waals surface area contributed by atoms with E-state index in [0.29, 0.717) is 4.47 Å². The average Bonchev–Trinajstić information content (AvgIpc) is 2.28. The zero-order chi connectivity index (χ0) is 13.0. The lowest BCUT2D eigenvalue weighted by Crippen LogP contribution is -2.36. The summed E-state index contributed by atoms with van der Waals surface area (Å²) in [6, 6.07) is 4.64. The molecular formula is C10H11BrF2N2O2. The van der Waals surface area contributed by atoms with Gasteiger partial charge in [-0.1, -0.05) is 15.9 Å². The number of carbonyl (C=O) groups is 1. The van der Waals surface area contributed by atoms with Gasteiger partial charge in [0, 0.05) is 16.7 Å². The molecule has 4 nitrogen and oxygen atoms in total. The number of hydrogen-bond acceptors (Lipinski definition) is 3. The number of amides is 1. The zero-order valence-corrected chi connectivity index (χ0v) is 10.2. The monoisotopic (exact) mass is 308 g/mol. The van der Waals surface area contributed by atoms with Crippen molar-refractivity contribution < 1.29 is 18.7 Å². The predicted octanol–water partition coefficient (Wildman–Crippen LogP) is 1.39. The first-order valence-corrected chi connectivity index (χ1v) is 5.50. The molecule has 1 aromatic rings. The highest BCUT2D eigenvalue weighted by molar-refractivity contribution is 9.10. The number of benzene rings is 1. The number of nitrogens with two attached hydrogens (primary N) is 1. The summed E-state index contributed by atoms with van der Waals surface area (Å²) in [6.07, 6.45) is -4.78. The number of rotatable bonds is 4. The van der Waals surface area contributed by atoms with Gasteiger partial charge < -0.3 is 16.2 Å². The third-order valence-corrected chi connectivity index (χ3v) is 2.52. The van der Waals surface area contributed by atoms with Gasteiger partial charge in [-0.15, -0.1) is 0 Å². The normalized spacial score (nSPS) is 12.5. The van der Waals surface area contributed by atoms with Gasteiger partial charge in [0.15, 0.2) is 0 Å². The first-order chi connectivity index (χ1) is 7.91. The summed E-state index contributed by atoms with van der Waals surface area (Å²) in [7, 11) is 0. The fraction of sp³-hybridized carbons (Fsp3) is 0.300. The van der Waals surface area contributed by atoms with Crippen molar-refractivity contribution in [3.8, 4) is 0 Å². The Hall–Kier alpha value is -1.21. The van der Waals surface area contributed by atoms with E-state index < -0.39 is 25.0 Å². The fourth-order valence-electron chi connectivity index (χ4n) is 1.11. The van der Waals surface area contributed by atoms with E-state index in [1.807, 2.05) is 0 Å². The highest BCUT2D eigenvalue weighted by Crippen LogP contribution is 2.18. The van der Waals surface area contributed by atoms with E-state index >= 15 is 0 Å². The summed E-state index contributed by atoms with van der Waals surface area (Å²) >= 11 is 3.16. The lowest BCUT2D eigenvalue weighted by atomic mass is 10.1. The van der Waals surface area contributed by atoms with Crippen molar-refractivity contribution in [1.82, 2.24) is 5.32 Å². The van der Waals surface area contributed by atoms with Crippen LogP contribution < -0.4 is 11.1 Å². The largest absolute Gasteiger partial charge is 0.398 e. The molecule has 0 saturated heterocycles. The van der Waals surface area contributed by atoms with Gasteiger partial charge in [0.1, 0.15) is 6.10 Å². The summed E-state index contributed by atoms with van der Waals surface area (Å²) < 4.78 is 24.6. The smallest absolute Gasteiger partial charge is 0.265 e. The Kier molecular flexibility index (Phi) is 4.83. The molecule has 0 aromatic heterocycles. The second-order valence-corrected chi connectivity index (χ2v) is 4.26. The second kappa shape index (κ2) is 5.92. The number of alkyl halides is 2. The van der Waals surface area contributed by atoms with E-state index in [-0.39, 0.29) is 11.3 Å². The summed E-state index contributed by atoms with van der Waals surface area (Å²) in [4.78, 5) is 11.6. The molecule has 0 bridgehead atoms. The molecule has 17 heavy (non-hydrogen) atoms. The molecule has 0 radical (unpaired) electrons. The van der Waals surface area contributed by atoms with E-state index in [9.17, 15) is 13.6 Å². The lowest BCUT2D eigenvalue weighted by Gasteiger charge is -2.11. The van der Waals surface area contributed by atoms with Crippen molar-refractivity contribution in [1.29, 1.82) is 0 Å². The predicted molar refractivity (Wildman–Crippen MR) is 62.9 cm³/mol. The third kappa shape index (κ3) is 3.94. The number of anilines is 1. The number of aliphatic hydroxyl groups excluding tert-OH is 1. The highest BCUT2D eigenvalue weighted by atomic mass is 79.9. The maximum absolute atomic E-state index is 12.0. The molecule has 4 N–H and O–H groups in total. The van der Waals surface area contributed by atoms with Crippen molar-refractivity contribution in [3.63, 3.8) is 0 Å². The van der Waals surface area contributed by atoms with Crippen molar-refractivity contribution in [3.05, 3.63) is 28.2 Å². The minimum Gasteiger partial charge on any atom is -0.398 e. The topological polar surface area (TPSA) is 75.4 Å². The summed E-state index contributed by atoms with van der Waals surface area (Å²) in [5.41, 5.74) is 5.97. The van der Waals surface area contributed by atoms with E-state index in [1.165, 1.54) is 12.1 Å². The Morgan fingerprint density at radius 2 is 2.18 bits per heavy atom. The quantitative estimate of drug-likeness (QED) is 0.736. The van der Waals surface area contributed by atoms with Crippen molar-refractivity contribution >= 4 is 27.5 Å². The highest BCUT2D eigenvalue weighted by Gasteiger charge is 2.18. The minimum absolute atomic E-state index is 0.167. The van der Waals surface area contributed by atoms with Gasteiger partial charge in [-0.25, -0.2) is 8.78 Å². The summed E-state index contributed by atoms with van der Waals surface area (Å²) in [6.45, 7) is -0.525. The van der Waals surface area contributed by atoms with Crippen LogP contribution in [0.15, 0.2) is 22.7 Å². The number of nitrogen functional groups attached to an aromatic ring is 1. The van der Waals surface area contributed by atoms with Crippen LogP contribution in [0.1, 0.15) is 10.4 Å². The maximum atomic E-state index is 12.0. The molecule has 1 rings (SSSR count). The van der Waals surface area contributed by atoms with Crippen LogP contribution in [-0.2, 0) is 0 Å². The number of carbonyl (C=O) groups excluding carboxylic acids is 1. The van der Waals surface area contributed by atoms with Crippen LogP contribution in [0.3, 0.4) is 0 Å². The molecule has 1 amide bonds. The lowest BCUT2D eigenvalue weighted by molar-refractivity contribution is -0.00269. The van der Waals surface area contributed by atoms with E-state index in [1.54, 1.807) is 6.07 Å². The Labute approximate surface area is 105 Å². The molecule has 0 fully saturated rings. The molecular weight excluding hydrogens is 298 g/mol. The molecule has 0 aliphatic carbocycles. The number of halogens is 3. The van der Waals surface area contributed by atoms with E-state index in [2.05, 4.69) is 21.2 Å². The Balaban J connectivity index is 2.67. The average molecular weight is 309 g/mol. The van der Waals surface area contributed by atoms with Crippen LogP contribution in [-0.4, -0.2) is 30.1 Å². The van der Waals surface area contributed by atoms with Crippen LogP contribution in [0, 0.1) is 0 Å². The molecule has 7 heteroatoms. The molecule has 1 unspecified atom stereocenters. The minimum atomic E-state index is -2.89. The molecule has 1 aromatic carbocycles. The molecule has 1 atom stereocenters. The van der Waals surface area contributed by atoms with Gasteiger partial charge >= 0.3 is 0 Å². The molecule has 94 valence electrons. The molecule has 0 spiro atoms. The first-order valence-electron chi connectivity index (χ1n) is 4.71. The third-order valence-electron chi connectivity index (χ3n) is 2.02. The zero-order valence-electron chi connectivity index (χ0n) is 8.66. The number of nitrogens with one attached hydrogen (secondary N) is 1. The fourth-order valence-corrected chi connectivity index (χ4v) is 1.47. The maximum Gasteiger partial charge on any atom is 0.265 e. The standard InChI is InChI=1S/C10H11BrF2N2O2/c11-5-1-2-7(14)6(3-5)10(17)15-4-8(16)9(12)13/h1-3,8-9,16H,4,14H2,(H,15,17). The molecule has 0 aliphatic heterocycles. The second-order valence-electron chi connectivity index (χ2n) is 3.34. The van der Waals surface area contributed by atoms with Gasteiger partial charge in [0.25, 0.3) is 12.3 Å². The number of aliphatic hydroxyl groups is 1. The van der Waals surface area contributed by atoms with Crippen LogP contribution in [0.5, 0.6) is 0 Å². The van der Waals surface area contributed by atoms with E-state index in [4.69, 9.17) is 10.8 Å². The van der Waals surface area contributed by atoms with Crippen LogP contribution in [0.4, 0.5) is 14.5 Å². The number of hydrogen-bond donors (Lipinski definition) is 3. The molecule has 0 heterocycles. The summed E-state index contributed by atoms with van der Waals surface area (Å²) in [5, 5.41) is 11.0. The summed E-state index contributed by atoms with van der Waals surface area (Å²) in [5.74, 6) is -0.608. The van der Waals surface area contributed by atoms with Gasteiger partial charge in [0.2, 0.25) is 0 Å². The Bertz CT molecular complexity index is 415. The van der Waals surface area contributed by atoms with Crippen molar-refractivity contribution in [2.75, 3.05) is 12.3 Å². The first kappa shape index (κ1) is 13.9. The van der Waals surface area contributed by atoms with Crippen LogP contribution >= 0.6 is 15.9 Å². The van der Waals surface area contributed by atoms with Crippen LogP contribution in [0.25, 0.3) is 0 Å². The Morgan fingerprint density at radius 3 is 2.76 bits per heavy atom. The Morgan fingerprint density at radius 1 is 1.53 bits per heavy atom. The van der Waals surface area contributed by atoms with Gasteiger partial charge in [-0.2, -0.15) is 0 Å². The molecule has 0 aliphatic rings. The van der Waals surface area contributed by atoms with Gasteiger partial charge in [-0.3, -0.25) is 4.79 Å². The van der Waals surface area contributed by atoms with Crippen molar-refractivity contribution in [2.24, 2.45) is 0 Å². The van der Waals surface area contributed by atoms with Crippen molar-refractivity contribution in [2.45, 2.75) is 12.5 Å². The van der Waals surface area contributed by atoms with Crippen LogP contribution in [0.2, 0.25) is 0 Å². The van der Waals surface area contributed by atoms with E-state index in [0.717, 1.165) is 0 Å². The van der Waals surface area contributed by atoms with Gasteiger partial charge in [-0.05, 0) is 18.2 Å². The molecule has 0 saturated carbocycles. The van der Waals surface area contributed by atoms with Gasteiger partial charge in [0.05, 0.1) is 5.56 Å². The SMILES string of the molecule is Nc1ccc(Br)cc1C(=O)NCC(O)C(F)F.